The second-order valence-corrected chi connectivity index (χ2v) is 4.81. The van der Waals surface area contributed by atoms with Gasteiger partial charge in [-0.25, -0.2) is 0 Å². The molecule has 0 saturated carbocycles. The average molecular weight is 280 g/mol. The number of benzene rings is 1. The van der Waals surface area contributed by atoms with Crippen LogP contribution in [0.15, 0.2) is 42.6 Å². The van der Waals surface area contributed by atoms with Crippen LogP contribution in [-0.4, -0.2) is 11.0 Å². The van der Waals surface area contributed by atoms with Gasteiger partial charge in [-0.2, -0.15) is 13.2 Å². The van der Waals surface area contributed by atoms with E-state index in [1.807, 2.05) is 31.2 Å². The van der Waals surface area contributed by atoms with E-state index < -0.39 is 11.7 Å². The highest BCUT2D eigenvalue weighted by molar-refractivity contribution is 5.59. The van der Waals surface area contributed by atoms with Gasteiger partial charge in [0.2, 0.25) is 0 Å². The van der Waals surface area contributed by atoms with Crippen molar-refractivity contribution in [2.75, 3.05) is 0 Å². The molecule has 1 heterocycles. The zero-order valence-corrected chi connectivity index (χ0v) is 11.0. The second kappa shape index (κ2) is 5.63. The van der Waals surface area contributed by atoms with Crippen LogP contribution >= 0.6 is 0 Å². The van der Waals surface area contributed by atoms with Gasteiger partial charge in [0.15, 0.2) is 0 Å². The Morgan fingerprint density at radius 2 is 1.75 bits per heavy atom. The van der Waals surface area contributed by atoms with E-state index in [1.165, 1.54) is 6.07 Å². The van der Waals surface area contributed by atoms with Gasteiger partial charge in [0.25, 0.3) is 0 Å². The van der Waals surface area contributed by atoms with Gasteiger partial charge in [0, 0.05) is 17.8 Å². The Labute approximate surface area is 115 Å². The third-order valence-corrected chi connectivity index (χ3v) is 2.90. The van der Waals surface area contributed by atoms with E-state index >= 15 is 0 Å². The summed E-state index contributed by atoms with van der Waals surface area (Å²) in [5.74, 6) is 0. The topological polar surface area (TPSA) is 38.9 Å². The molecule has 20 heavy (non-hydrogen) atoms. The Hall–Kier alpha value is -1.88. The first-order valence-corrected chi connectivity index (χ1v) is 6.24. The summed E-state index contributed by atoms with van der Waals surface area (Å²) in [5.41, 5.74) is 7.37. The lowest BCUT2D eigenvalue weighted by Crippen LogP contribution is -2.17. The van der Waals surface area contributed by atoms with Crippen LogP contribution in [0.2, 0.25) is 0 Å². The van der Waals surface area contributed by atoms with Crippen molar-refractivity contribution < 1.29 is 13.2 Å². The molecular formula is C15H15F3N2. The first kappa shape index (κ1) is 14.5. The van der Waals surface area contributed by atoms with Gasteiger partial charge in [-0.1, -0.05) is 24.3 Å². The van der Waals surface area contributed by atoms with Gasteiger partial charge in [0.1, 0.15) is 0 Å². The van der Waals surface area contributed by atoms with Crippen LogP contribution in [0.4, 0.5) is 13.2 Å². The van der Waals surface area contributed by atoms with Crippen molar-refractivity contribution in [3.05, 3.63) is 53.7 Å². The number of hydrogen-bond donors (Lipinski definition) is 1. The Morgan fingerprint density at radius 3 is 2.20 bits per heavy atom. The molecule has 5 heteroatoms. The van der Waals surface area contributed by atoms with Crippen molar-refractivity contribution in [3.8, 4) is 11.3 Å². The van der Waals surface area contributed by atoms with Crippen molar-refractivity contribution in [2.24, 2.45) is 5.73 Å². The van der Waals surface area contributed by atoms with Crippen LogP contribution in [0.5, 0.6) is 0 Å². The molecule has 0 aliphatic heterocycles. The molecule has 2 nitrogen and oxygen atoms in total. The molecule has 1 aromatic carbocycles. The van der Waals surface area contributed by atoms with Crippen LogP contribution in [-0.2, 0) is 12.6 Å². The third-order valence-electron chi connectivity index (χ3n) is 2.90. The van der Waals surface area contributed by atoms with Crippen LogP contribution in [0, 0.1) is 0 Å². The van der Waals surface area contributed by atoms with Gasteiger partial charge in [-0.3, -0.25) is 4.98 Å². The molecule has 1 unspecified atom stereocenters. The fourth-order valence-electron chi connectivity index (χ4n) is 1.92. The molecule has 1 aromatic heterocycles. The van der Waals surface area contributed by atoms with E-state index in [-0.39, 0.29) is 6.04 Å². The first-order valence-electron chi connectivity index (χ1n) is 6.24. The van der Waals surface area contributed by atoms with Gasteiger partial charge < -0.3 is 5.73 Å². The van der Waals surface area contributed by atoms with Gasteiger partial charge in [-0.05, 0) is 31.0 Å². The summed E-state index contributed by atoms with van der Waals surface area (Å²) in [6.07, 6.45) is -2.74. The van der Waals surface area contributed by atoms with Crippen LogP contribution < -0.4 is 5.73 Å². The quantitative estimate of drug-likeness (QED) is 0.932. The Balaban J connectivity index is 2.19. The molecule has 0 aliphatic carbocycles. The highest BCUT2D eigenvalue weighted by atomic mass is 19.4. The van der Waals surface area contributed by atoms with Crippen LogP contribution in [0.3, 0.4) is 0 Å². The summed E-state index contributed by atoms with van der Waals surface area (Å²) in [6, 6.07) is 10.0. The minimum absolute atomic E-state index is 0.0741. The van der Waals surface area contributed by atoms with E-state index in [0.29, 0.717) is 5.69 Å². The van der Waals surface area contributed by atoms with Crippen molar-refractivity contribution in [1.29, 1.82) is 0 Å². The molecule has 0 spiro atoms. The zero-order chi connectivity index (χ0) is 14.8. The molecule has 0 aliphatic rings. The summed E-state index contributed by atoms with van der Waals surface area (Å²) >= 11 is 0. The Morgan fingerprint density at radius 1 is 1.10 bits per heavy atom. The van der Waals surface area contributed by atoms with Gasteiger partial charge >= 0.3 is 6.18 Å². The number of alkyl halides is 3. The number of halogens is 3. The number of nitrogens with zero attached hydrogens (tertiary/aromatic N) is 1. The second-order valence-electron chi connectivity index (χ2n) is 4.81. The minimum Gasteiger partial charge on any atom is -0.328 e. The molecule has 2 N–H and O–H groups in total. The van der Waals surface area contributed by atoms with Crippen molar-refractivity contribution >= 4 is 0 Å². The maximum absolute atomic E-state index is 12.4. The molecule has 0 radical (unpaired) electrons. The number of rotatable bonds is 3. The molecule has 0 saturated heterocycles. The Kier molecular flexibility index (Phi) is 4.09. The normalized spacial score (nSPS) is 13.2. The van der Waals surface area contributed by atoms with E-state index in [2.05, 4.69) is 4.98 Å². The van der Waals surface area contributed by atoms with Gasteiger partial charge in [0.05, 0.1) is 11.3 Å². The van der Waals surface area contributed by atoms with Crippen LogP contribution in [0.1, 0.15) is 18.1 Å². The molecule has 0 amide bonds. The number of hydrogen-bond acceptors (Lipinski definition) is 2. The molecular weight excluding hydrogens is 265 g/mol. The van der Waals surface area contributed by atoms with Crippen molar-refractivity contribution in [2.45, 2.75) is 25.6 Å². The lowest BCUT2D eigenvalue weighted by molar-refractivity contribution is -0.137. The van der Waals surface area contributed by atoms with Crippen molar-refractivity contribution in [1.82, 2.24) is 4.98 Å². The molecule has 106 valence electrons. The predicted octanol–water partition coefficient (Wildman–Crippen LogP) is 3.66. The monoisotopic (exact) mass is 280 g/mol. The van der Waals surface area contributed by atoms with Crippen LogP contribution in [0.25, 0.3) is 11.3 Å². The molecule has 2 rings (SSSR count). The Bertz CT molecular complexity index is 557. The summed E-state index contributed by atoms with van der Waals surface area (Å²) in [7, 11) is 0. The molecule has 2 aromatic rings. The van der Waals surface area contributed by atoms with E-state index in [9.17, 15) is 13.2 Å². The van der Waals surface area contributed by atoms with E-state index in [1.54, 1.807) is 0 Å². The average Bonchev–Trinajstić information content (AvgIpc) is 2.38. The summed E-state index contributed by atoms with van der Waals surface area (Å²) in [5, 5.41) is 0. The van der Waals surface area contributed by atoms with E-state index in [4.69, 9.17) is 5.73 Å². The van der Waals surface area contributed by atoms with E-state index in [0.717, 1.165) is 29.8 Å². The molecule has 0 fully saturated rings. The van der Waals surface area contributed by atoms with Gasteiger partial charge in [-0.15, -0.1) is 0 Å². The minimum atomic E-state index is -4.35. The third kappa shape index (κ3) is 3.57. The largest absolute Gasteiger partial charge is 0.417 e. The summed E-state index contributed by atoms with van der Waals surface area (Å²) in [4.78, 5) is 3.86. The molecule has 1 atom stereocenters. The highest BCUT2D eigenvalue weighted by Crippen LogP contribution is 2.29. The summed E-state index contributed by atoms with van der Waals surface area (Å²) < 4.78 is 37.3. The fourth-order valence-corrected chi connectivity index (χ4v) is 1.92. The fraction of sp³-hybridized carbons (Fsp3) is 0.267. The number of aromatic nitrogens is 1. The maximum Gasteiger partial charge on any atom is 0.417 e. The summed E-state index contributed by atoms with van der Waals surface area (Å²) in [6.45, 7) is 1.92. The molecule has 0 bridgehead atoms. The first-order chi connectivity index (χ1) is 9.36. The smallest absolute Gasteiger partial charge is 0.328 e. The maximum atomic E-state index is 12.4. The lowest BCUT2D eigenvalue weighted by Gasteiger charge is -2.08. The SMILES string of the molecule is CC(N)Cc1ccc(-c2ccc(C(F)(F)F)cn2)cc1. The zero-order valence-electron chi connectivity index (χ0n) is 11.0. The standard InChI is InChI=1S/C15H15F3N2/c1-10(19)8-11-2-4-12(5-3-11)14-7-6-13(9-20-14)15(16,17)18/h2-7,9-10H,8,19H2,1H3. The predicted molar refractivity (Wildman–Crippen MR) is 72.0 cm³/mol. The highest BCUT2D eigenvalue weighted by Gasteiger charge is 2.30. The number of nitrogens with two attached hydrogens (primary N) is 1. The lowest BCUT2D eigenvalue weighted by atomic mass is 10.0. The van der Waals surface area contributed by atoms with Crippen molar-refractivity contribution in [3.63, 3.8) is 0 Å². The number of pyridine rings is 1.